The maximum atomic E-state index is 12.4. The Morgan fingerprint density at radius 2 is 1.70 bits per heavy atom. The van der Waals surface area contributed by atoms with Crippen LogP contribution in [0.4, 0.5) is 0 Å². The lowest BCUT2D eigenvalue weighted by molar-refractivity contribution is -0.119. The van der Waals surface area contributed by atoms with Crippen molar-refractivity contribution in [3.63, 3.8) is 0 Å². The van der Waals surface area contributed by atoms with E-state index in [0.717, 1.165) is 5.56 Å². The van der Waals surface area contributed by atoms with Crippen LogP contribution < -0.4 is 11.1 Å². The van der Waals surface area contributed by atoms with Gasteiger partial charge in [-0.25, -0.2) is 0 Å². The van der Waals surface area contributed by atoms with Crippen LogP contribution in [0.1, 0.15) is 36.7 Å². The Morgan fingerprint density at radius 1 is 1.17 bits per heavy atom. The summed E-state index contributed by atoms with van der Waals surface area (Å²) in [5.41, 5.74) is 6.21. The fourth-order valence-corrected chi connectivity index (χ4v) is 3.56. The average molecular weight is 342 g/mol. The summed E-state index contributed by atoms with van der Waals surface area (Å²) in [5.74, 6) is -1.01. The molecule has 1 aromatic rings. The van der Waals surface area contributed by atoms with Crippen molar-refractivity contribution >= 4 is 19.4 Å². The summed E-state index contributed by atoms with van der Waals surface area (Å²) in [4.78, 5) is 22.9. The molecule has 0 aliphatic rings. The average Bonchev–Trinajstić information content (AvgIpc) is 2.48. The number of nitrogens with two attached hydrogens (primary N) is 1. The van der Waals surface area contributed by atoms with E-state index in [1.54, 1.807) is 38.1 Å². The Labute approximate surface area is 136 Å². The first kappa shape index (κ1) is 19.4. The molecule has 7 nitrogen and oxygen atoms in total. The molecule has 0 heterocycles. The van der Waals surface area contributed by atoms with Crippen molar-refractivity contribution in [2.75, 3.05) is 13.2 Å². The molecule has 0 saturated carbocycles. The summed E-state index contributed by atoms with van der Waals surface area (Å²) in [6, 6.07) is 5.77. The zero-order valence-electron chi connectivity index (χ0n) is 13.6. The fourth-order valence-electron chi connectivity index (χ4n) is 1.86. The van der Waals surface area contributed by atoms with Gasteiger partial charge in [-0.15, -0.1) is 0 Å². The molecule has 0 radical (unpaired) electrons. The smallest absolute Gasteiger partial charge is 0.335 e. The van der Waals surface area contributed by atoms with E-state index < -0.39 is 25.5 Å². The van der Waals surface area contributed by atoms with Crippen LogP contribution in [0.25, 0.3) is 0 Å². The second-order valence-corrected chi connectivity index (χ2v) is 6.95. The van der Waals surface area contributed by atoms with Gasteiger partial charge in [-0.1, -0.05) is 12.1 Å². The van der Waals surface area contributed by atoms with Gasteiger partial charge in [0, 0.05) is 5.56 Å². The largest absolute Gasteiger partial charge is 0.368 e. The highest BCUT2D eigenvalue weighted by atomic mass is 31.2. The molecular formula is C15H23N2O5P. The molecule has 0 aromatic heterocycles. The molecule has 23 heavy (non-hydrogen) atoms. The van der Waals surface area contributed by atoms with Crippen molar-refractivity contribution < 1.29 is 23.2 Å². The lowest BCUT2D eigenvalue weighted by Gasteiger charge is -2.17. The third kappa shape index (κ3) is 6.14. The first-order valence-corrected chi connectivity index (χ1v) is 9.11. The van der Waals surface area contributed by atoms with Gasteiger partial charge in [0.05, 0.1) is 19.4 Å². The predicted octanol–water partition coefficient (Wildman–Crippen LogP) is 2.06. The molecule has 0 saturated heterocycles. The van der Waals surface area contributed by atoms with Crippen LogP contribution in [-0.2, 0) is 24.6 Å². The quantitative estimate of drug-likeness (QED) is 0.668. The van der Waals surface area contributed by atoms with Gasteiger partial charge < -0.3 is 20.1 Å². The van der Waals surface area contributed by atoms with E-state index in [9.17, 15) is 14.2 Å². The van der Waals surface area contributed by atoms with Crippen LogP contribution in [0, 0.1) is 0 Å². The number of carbonyl (C=O) groups excluding carboxylic acids is 2. The molecule has 0 spiro atoms. The summed E-state index contributed by atoms with van der Waals surface area (Å²) in [7, 11) is -3.18. The van der Waals surface area contributed by atoms with Gasteiger partial charge in [0.15, 0.2) is 0 Å². The number of nitrogens with one attached hydrogen (secondary N) is 1. The van der Waals surface area contributed by atoms with Crippen LogP contribution in [0.2, 0.25) is 0 Å². The first-order valence-electron chi connectivity index (χ1n) is 7.38. The molecule has 128 valence electrons. The van der Waals surface area contributed by atoms with Crippen LogP contribution in [0.15, 0.2) is 24.3 Å². The van der Waals surface area contributed by atoms with Gasteiger partial charge in [0.2, 0.25) is 5.91 Å². The maximum absolute atomic E-state index is 12.4. The van der Waals surface area contributed by atoms with Crippen LogP contribution in [0.5, 0.6) is 0 Å². The predicted molar refractivity (Wildman–Crippen MR) is 87.1 cm³/mol. The minimum atomic E-state index is -3.18. The molecule has 0 fully saturated rings. The van der Waals surface area contributed by atoms with Gasteiger partial charge in [-0.3, -0.25) is 14.2 Å². The number of hydrogen-bond acceptors (Lipinski definition) is 5. The molecule has 3 N–H and O–H groups in total. The van der Waals surface area contributed by atoms with E-state index >= 15 is 0 Å². The van der Waals surface area contributed by atoms with Crippen molar-refractivity contribution in [2.45, 2.75) is 33.0 Å². The summed E-state index contributed by atoms with van der Waals surface area (Å²) in [6.45, 7) is 5.60. The van der Waals surface area contributed by atoms with E-state index in [2.05, 4.69) is 5.32 Å². The Morgan fingerprint density at radius 3 is 2.13 bits per heavy atom. The topological polar surface area (TPSA) is 108 Å². The van der Waals surface area contributed by atoms with Crippen molar-refractivity contribution in [3.8, 4) is 0 Å². The standard InChI is InChI=1S/C15H23N2O5P/c1-4-21-23(20,22-5-2)10-12-6-8-13(9-7-12)15(19)17-11(3)14(16)18/h6-9,11H,4-5,10H2,1-3H3,(H2,16,18)(H,17,19)/t11-/m1/s1. The molecule has 8 heteroatoms. The van der Waals surface area contributed by atoms with Gasteiger partial charge in [0.1, 0.15) is 6.04 Å². The highest BCUT2D eigenvalue weighted by molar-refractivity contribution is 7.53. The lowest BCUT2D eigenvalue weighted by atomic mass is 10.1. The van der Waals surface area contributed by atoms with Crippen molar-refractivity contribution in [3.05, 3.63) is 35.4 Å². The van der Waals surface area contributed by atoms with Gasteiger partial charge >= 0.3 is 7.60 Å². The minimum absolute atomic E-state index is 0.133. The van der Waals surface area contributed by atoms with Crippen LogP contribution in [0.3, 0.4) is 0 Å². The third-order valence-corrected chi connectivity index (χ3v) is 5.07. The molecule has 1 rings (SSSR count). The number of benzene rings is 1. The van der Waals surface area contributed by atoms with Crippen molar-refractivity contribution in [1.29, 1.82) is 0 Å². The highest BCUT2D eigenvalue weighted by Crippen LogP contribution is 2.51. The van der Waals surface area contributed by atoms with Crippen molar-refractivity contribution in [1.82, 2.24) is 5.32 Å². The number of rotatable bonds is 9. The number of carbonyl (C=O) groups is 2. The van der Waals surface area contributed by atoms with Crippen LogP contribution in [-0.4, -0.2) is 31.1 Å². The molecule has 0 unspecified atom stereocenters. The summed E-state index contributed by atoms with van der Waals surface area (Å²) in [5, 5.41) is 2.49. The number of hydrogen-bond donors (Lipinski definition) is 2. The molecule has 0 aliphatic carbocycles. The molecule has 0 aliphatic heterocycles. The molecule has 0 bridgehead atoms. The summed E-state index contributed by atoms with van der Waals surface area (Å²) in [6.07, 6.45) is 0.133. The Bertz CT molecular complexity index is 578. The van der Waals surface area contributed by atoms with E-state index in [1.165, 1.54) is 6.92 Å². The zero-order chi connectivity index (χ0) is 17.5. The third-order valence-electron chi connectivity index (χ3n) is 3.02. The molecular weight excluding hydrogens is 319 g/mol. The number of amides is 2. The minimum Gasteiger partial charge on any atom is -0.368 e. The second kappa shape index (κ2) is 8.82. The Kier molecular flexibility index (Phi) is 7.42. The Balaban J connectivity index is 2.78. The van der Waals surface area contributed by atoms with Crippen molar-refractivity contribution in [2.24, 2.45) is 5.73 Å². The van der Waals surface area contributed by atoms with Crippen LogP contribution >= 0.6 is 7.60 Å². The summed E-state index contributed by atoms with van der Waals surface area (Å²) >= 11 is 0. The highest BCUT2D eigenvalue weighted by Gasteiger charge is 2.24. The van der Waals surface area contributed by atoms with Gasteiger partial charge in [0.25, 0.3) is 5.91 Å². The normalized spacial score (nSPS) is 12.7. The first-order chi connectivity index (χ1) is 10.8. The monoisotopic (exact) mass is 342 g/mol. The van der Waals surface area contributed by atoms with Gasteiger partial charge in [-0.2, -0.15) is 0 Å². The lowest BCUT2D eigenvalue weighted by Crippen LogP contribution is -2.42. The van der Waals surface area contributed by atoms with E-state index in [4.69, 9.17) is 14.8 Å². The number of primary amides is 1. The van der Waals surface area contributed by atoms with E-state index in [-0.39, 0.29) is 6.16 Å². The fraction of sp³-hybridized carbons (Fsp3) is 0.467. The molecule has 2 amide bonds. The second-order valence-electron chi connectivity index (χ2n) is 4.90. The SMILES string of the molecule is CCOP(=O)(Cc1ccc(C(=O)N[C@H](C)C(N)=O)cc1)OCC. The van der Waals surface area contributed by atoms with E-state index in [1.807, 2.05) is 0 Å². The van der Waals surface area contributed by atoms with Gasteiger partial charge in [-0.05, 0) is 38.5 Å². The zero-order valence-corrected chi connectivity index (χ0v) is 14.5. The van der Waals surface area contributed by atoms with E-state index in [0.29, 0.717) is 18.8 Å². The summed E-state index contributed by atoms with van der Waals surface area (Å²) < 4.78 is 22.9. The molecule has 1 aromatic carbocycles. The Hall–Kier alpha value is -1.69. The molecule has 1 atom stereocenters. The maximum Gasteiger partial charge on any atom is 0.335 e.